The van der Waals surface area contributed by atoms with Crippen LogP contribution in [0.1, 0.15) is 0 Å². The van der Waals surface area contributed by atoms with E-state index in [0.717, 1.165) is 24.3 Å². The number of halogens is 6. The third kappa shape index (κ3) is 1.70. The molecule has 1 aliphatic carbocycles. The molecule has 2 unspecified atom stereocenters. The van der Waals surface area contributed by atoms with Gasteiger partial charge >= 0.3 is 17.7 Å². The third-order valence-electron chi connectivity index (χ3n) is 2.77. The number of ether oxygens (including phenoxy) is 1. The van der Waals surface area contributed by atoms with Crippen LogP contribution >= 0.6 is 0 Å². The van der Waals surface area contributed by atoms with Crippen molar-refractivity contribution < 1.29 is 35.9 Å². The third-order valence-corrected chi connectivity index (χ3v) is 2.77. The van der Waals surface area contributed by atoms with Crippen LogP contribution in [0.5, 0.6) is 5.75 Å². The molecule has 20 heavy (non-hydrogen) atoms. The van der Waals surface area contributed by atoms with Gasteiger partial charge in [-0.1, -0.05) is 0 Å². The number of aliphatic imine (C=N–C) groups is 1. The minimum absolute atomic E-state index is 0.0442. The summed E-state index contributed by atoms with van der Waals surface area (Å²) >= 11 is 0. The highest BCUT2D eigenvalue weighted by atomic mass is 19.3. The number of benzene rings is 1. The molecule has 0 aliphatic heterocycles. The lowest BCUT2D eigenvalue weighted by Crippen LogP contribution is -2.80. The fourth-order valence-corrected chi connectivity index (χ4v) is 1.63. The summed E-state index contributed by atoms with van der Waals surface area (Å²) in [4.78, 5) is 13.1. The first-order valence-electron chi connectivity index (χ1n) is 5.12. The summed E-state index contributed by atoms with van der Waals surface area (Å²) in [5.74, 6) is -15.5. The summed E-state index contributed by atoms with van der Waals surface area (Å²) in [5, 5.41) is 0. The first kappa shape index (κ1) is 14.4. The van der Waals surface area contributed by atoms with Gasteiger partial charge in [0.15, 0.2) is 0 Å². The van der Waals surface area contributed by atoms with Crippen LogP contribution in [0.25, 0.3) is 0 Å². The highest BCUT2D eigenvalue weighted by Crippen LogP contribution is 2.61. The summed E-state index contributed by atoms with van der Waals surface area (Å²) in [6, 6.07) is 3.84. The second-order valence-corrected chi connectivity index (χ2v) is 4.00. The van der Waals surface area contributed by atoms with Crippen LogP contribution in [0.4, 0.5) is 32.0 Å². The number of rotatable bonds is 3. The smallest absolute Gasteiger partial charge is 0.384 e. The van der Waals surface area contributed by atoms with Crippen LogP contribution in [0, 0.1) is 0 Å². The molecule has 1 aromatic rings. The summed E-state index contributed by atoms with van der Waals surface area (Å²) in [7, 11) is 0. The minimum Gasteiger partial charge on any atom is -0.450 e. The summed E-state index contributed by atoms with van der Waals surface area (Å²) < 4.78 is 81.6. The van der Waals surface area contributed by atoms with Gasteiger partial charge in [-0.15, -0.1) is 0 Å². The Bertz CT molecular complexity index is 569. The van der Waals surface area contributed by atoms with E-state index in [1.54, 1.807) is 0 Å². The molecule has 1 aromatic carbocycles. The highest BCUT2D eigenvalue weighted by molar-refractivity contribution is 5.50. The van der Waals surface area contributed by atoms with Crippen molar-refractivity contribution in [2.24, 2.45) is 4.99 Å². The molecule has 0 saturated heterocycles. The number of carbonyl (C=O) groups excluding carboxylic acids is 1. The zero-order valence-corrected chi connectivity index (χ0v) is 9.42. The lowest BCUT2D eigenvalue weighted by molar-refractivity contribution is -0.445. The van der Waals surface area contributed by atoms with Gasteiger partial charge in [0.1, 0.15) is 5.75 Å². The SMILES string of the molecule is O=C=Nc1ccc(OC2(F)C(F)C(F)(F)C2(F)F)cc1. The van der Waals surface area contributed by atoms with Crippen molar-refractivity contribution in [1.29, 1.82) is 0 Å². The molecule has 0 bridgehead atoms. The molecule has 2 atom stereocenters. The van der Waals surface area contributed by atoms with Crippen molar-refractivity contribution >= 4 is 11.8 Å². The number of hydrogen-bond acceptors (Lipinski definition) is 3. The van der Waals surface area contributed by atoms with Crippen molar-refractivity contribution in [1.82, 2.24) is 0 Å². The Morgan fingerprint density at radius 3 is 2.10 bits per heavy atom. The van der Waals surface area contributed by atoms with E-state index >= 15 is 0 Å². The molecule has 0 heterocycles. The number of hydrogen-bond donors (Lipinski definition) is 0. The quantitative estimate of drug-likeness (QED) is 0.487. The standard InChI is InChI=1S/C11H5F6NO2/c12-8-9(13,14)11(16,17)10(8,15)20-7-3-1-6(2-4-7)18-5-19/h1-4,8H. The van der Waals surface area contributed by atoms with E-state index < -0.39 is 29.6 Å². The first-order valence-corrected chi connectivity index (χ1v) is 5.12. The molecule has 3 nitrogen and oxygen atoms in total. The van der Waals surface area contributed by atoms with Crippen LogP contribution in [0.2, 0.25) is 0 Å². The van der Waals surface area contributed by atoms with Crippen LogP contribution in [-0.2, 0) is 4.79 Å². The molecular weight excluding hydrogens is 292 g/mol. The number of alkyl halides is 6. The molecule has 9 heteroatoms. The average Bonchev–Trinajstić information content (AvgIpc) is 2.39. The van der Waals surface area contributed by atoms with Crippen molar-refractivity contribution in [2.75, 3.05) is 0 Å². The van der Waals surface area contributed by atoms with Crippen molar-refractivity contribution in [3.63, 3.8) is 0 Å². The second kappa shape index (κ2) is 4.24. The molecule has 1 aliphatic rings. The van der Waals surface area contributed by atoms with E-state index in [2.05, 4.69) is 9.73 Å². The Morgan fingerprint density at radius 2 is 1.65 bits per heavy atom. The lowest BCUT2D eigenvalue weighted by Gasteiger charge is -2.49. The van der Waals surface area contributed by atoms with E-state index in [1.807, 2.05) is 0 Å². The van der Waals surface area contributed by atoms with E-state index in [1.165, 1.54) is 6.08 Å². The van der Waals surface area contributed by atoms with Crippen molar-refractivity contribution in [3.8, 4) is 5.75 Å². The molecular formula is C11H5F6NO2. The maximum atomic E-state index is 13.6. The number of nitrogens with zero attached hydrogens (tertiary/aromatic N) is 1. The van der Waals surface area contributed by atoms with Gasteiger partial charge in [0, 0.05) is 0 Å². The molecule has 108 valence electrons. The van der Waals surface area contributed by atoms with Gasteiger partial charge in [-0.05, 0) is 24.3 Å². The van der Waals surface area contributed by atoms with Crippen molar-refractivity contribution in [3.05, 3.63) is 24.3 Å². The Balaban J connectivity index is 2.24. The molecule has 0 aromatic heterocycles. The van der Waals surface area contributed by atoms with E-state index in [4.69, 9.17) is 0 Å². The average molecular weight is 297 g/mol. The maximum Gasteiger partial charge on any atom is 0.384 e. The molecule has 0 N–H and O–H groups in total. The molecule has 1 fully saturated rings. The largest absolute Gasteiger partial charge is 0.450 e. The molecule has 0 spiro atoms. The predicted octanol–water partition coefficient (Wildman–Crippen LogP) is 3.32. The summed E-state index contributed by atoms with van der Waals surface area (Å²) in [5.41, 5.74) is 0.0442. The summed E-state index contributed by atoms with van der Waals surface area (Å²) in [6.45, 7) is 0. The Kier molecular flexibility index (Phi) is 3.05. The lowest BCUT2D eigenvalue weighted by atomic mass is 9.80. The normalized spacial score (nSPS) is 30.0. The van der Waals surface area contributed by atoms with Gasteiger partial charge in [0.05, 0.1) is 5.69 Å². The van der Waals surface area contributed by atoms with Gasteiger partial charge < -0.3 is 4.74 Å². The first-order chi connectivity index (χ1) is 9.16. The highest BCUT2D eigenvalue weighted by Gasteiger charge is 2.92. The van der Waals surface area contributed by atoms with Crippen LogP contribution < -0.4 is 4.74 Å². The topological polar surface area (TPSA) is 38.7 Å². The fourth-order valence-electron chi connectivity index (χ4n) is 1.63. The van der Waals surface area contributed by atoms with Gasteiger partial charge in [-0.2, -0.15) is 26.9 Å². The monoisotopic (exact) mass is 297 g/mol. The Morgan fingerprint density at radius 1 is 1.10 bits per heavy atom. The molecule has 0 amide bonds. The predicted molar refractivity (Wildman–Crippen MR) is 53.5 cm³/mol. The van der Waals surface area contributed by atoms with E-state index in [0.29, 0.717) is 0 Å². The zero-order valence-electron chi connectivity index (χ0n) is 9.42. The second-order valence-electron chi connectivity index (χ2n) is 4.00. The van der Waals surface area contributed by atoms with Crippen LogP contribution in [0.15, 0.2) is 29.3 Å². The molecule has 1 saturated carbocycles. The van der Waals surface area contributed by atoms with E-state index in [-0.39, 0.29) is 5.69 Å². The van der Waals surface area contributed by atoms with Gasteiger partial charge in [-0.25, -0.2) is 9.18 Å². The van der Waals surface area contributed by atoms with Crippen LogP contribution in [0.3, 0.4) is 0 Å². The minimum atomic E-state index is -5.29. The van der Waals surface area contributed by atoms with Crippen molar-refractivity contribution in [2.45, 2.75) is 23.9 Å². The summed E-state index contributed by atoms with van der Waals surface area (Å²) in [6.07, 6.45) is -2.61. The number of isocyanates is 1. The fraction of sp³-hybridized carbons (Fsp3) is 0.364. The van der Waals surface area contributed by atoms with Gasteiger partial charge in [0.25, 0.3) is 0 Å². The zero-order chi connectivity index (χ0) is 15.2. The van der Waals surface area contributed by atoms with Gasteiger partial charge in [-0.3, -0.25) is 0 Å². The Labute approximate surface area is 107 Å². The molecule has 2 rings (SSSR count). The Hall–Kier alpha value is -2.02. The van der Waals surface area contributed by atoms with Gasteiger partial charge in [0.2, 0.25) is 12.3 Å². The van der Waals surface area contributed by atoms with Crippen LogP contribution in [-0.4, -0.2) is 30.0 Å². The van der Waals surface area contributed by atoms with E-state index in [9.17, 15) is 31.1 Å². The molecule has 0 radical (unpaired) electrons. The maximum absolute atomic E-state index is 13.6.